The molecular weight excluding hydrogens is 150 g/mol. The highest BCUT2D eigenvalue weighted by molar-refractivity contribution is 5.25. The number of nitrogens with zero attached hydrogens (tertiary/aromatic N) is 1. The molecule has 0 saturated heterocycles. The smallest absolute Gasteiger partial charge is 0.0514 e. The topological polar surface area (TPSA) is 33.1 Å². The van der Waals surface area contributed by atoms with Gasteiger partial charge in [-0.15, -0.1) is 0 Å². The van der Waals surface area contributed by atoms with Gasteiger partial charge in [-0.2, -0.15) is 0 Å². The average molecular weight is 163 g/mol. The number of hydrogen-bond donors (Lipinski definition) is 1. The molecule has 0 aromatic carbocycles. The van der Waals surface area contributed by atoms with Crippen LogP contribution in [0.1, 0.15) is 30.0 Å². The summed E-state index contributed by atoms with van der Waals surface area (Å²) in [7, 11) is 0. The summed E-state index contributed by atoms with van der Waals surface area (Å²) < 4.78 is 0. The molecule has 0 spiro atoms. The first-order chi connectivity index (χ1) is 5.92. The molecule has 1 atom stereocenters. The van der Waals surface area contributed by atoms with Gasteiger partial charge in [0.1, 0.15) is 0 Å². The van der Waals surface area contributed by atoms with Crippen LogP contribution < -0.4 is 0 Å². The van der Waals surface area contributed by atoms with E-state index in [1.54, 1.807) is 0 Å². The number of aliphatic hydroxyl groups is 1. The van der Waals surface area contributed by atoms with Crippen molar-refractivity contribution in [3.05, 3.63) is 29.6 Å². The lowest BCUT2D eigenvalue weighted by atomic mass is 9.87. The Labute approximate surface area is 72.3 Å². The van der Waals surface area contributed by atoms with Crippen LogP contribution in [0.15, 0.2) is 18.3 Å². The van der Waals surface area contributed by atoms with Crippen molar-refractivity contribution in [2.24, 2.45) is 0 Å². The fourth-order valence-electron chi connectivity index (χ4n) is 1.88. The summed E-state index contributed by atoms with van der Waals surface area (Å²) in [6.07, 6.45) is 5.21. The maximum absolute atomic E-state index is 9.10. The predicted molar refractivity (Wildman–Crippen MR) is 47.0 cm³/mol. The predicted octanol–water partition coefficient (Wildman–Crippen LogP) is 1.49. The molecule has 1 heterocycles. The third kappa shape index (κ3) is 1.23. The van der Waals surface area contributed by atoms with Gasteiger partial charge in [-0.05, 0) is 30.9 Å². The van der Waals surface area contributed by atoms with Crippen molar-refractivity contribution in [1.29, 1.82) is 0 Å². The molecule has 0 amide bonds. The van der Waals surface area contributed by atoms with E-state index >= 15 is 0 Å². The molecule has 1 aromatic rings. The highest BCUT2D eigenvalue weighted by atomic mass is 16.3. The van der Waals surface area contributed by atoms with E-state index in [0.717, 1.165) is 18.5 Å². The van der Waals surface area contributed by atoms with E-state index in [1.807, 2.05) is 12.3 Å². The van der Waals surface area contributed by atoms with Crippen LogP contribution in [0.5, 0.6) is 0 Å². The Balaban J connectivity index is 2.37. The first kappa shape index (κ1) is 7.74. The Morgan fingerprint density at radius 3 is 3.33 bits per heavy atom. The van der Waals surface area contributed by atoms with E-state index in [4.69, 9.17) is 5.11 Å². The van der Waals surface area contributed by atoms with E-state index < -0.39 is 0 Å². The van der Waals surface area contributed by atoms with Crippen LogP contribution in [0.2, 0.25) is 0 Å². The van der Waals surface area contributed by atoms with Crippen molar-refractivity contribution >= 4 is 0 Å². The molecule has 2 nitrogen and oxygen atoms in total. The number of aliphatic hydroxyl groups excluding tert-OH is 1. The number of pyridine rings is 1. The van der Waals surface area contributed by atoms with Crippen molar-refractivity contribution in [1.82, 2.24) is 4.98 Å². The molecule has 0 aliphatic heterocycles. The van der Waals surface area contributed by atoms with Gasteiger partial charge < -0.3 is 5.11 Å². The lowest BCUT2D eigenvalue weighted by Gasteiger charge is -2.21. The van der Waals surface area contributed by atoms with Crippen LogP contribution in [0, 0.1) is 0 Å². The SMILES string of the molecule is OC[C@@H]1CCCc2cccnc21. The summed E-state index contributed by atoms with van der Waals surface area (Å²) in [5.41, 5.74) is 2.44. The summed E-state index contributed by atoms with van der Waals surface area (Å²) in [6, 6.07) is 4.09. The molecule has 0 radical (unpaired) electrons. The van der Waals surface area contributed by atoms with Crippen molar-refractivity contribution in [3.8, 4) is 0 Å². The van der Waals surface area contributed by atoms with Crippen LogP contribution in [-0.2, 0) is 6.42 Å². The van der Waals surface area contributed by atoms with Gasteiger partial charge in [0.05, 0.1) is 6.61 Å². The van der Waals surface area contributed by atoms with Crippen molar-refractivity contribution in [3.63, 3.8) is 0 Å². The molecule has 0 bridgehead atoms. The normalized spacial score (nSPS) is 21.9. The quantitative estimate of drug-likeness (QED) is 0.680. The van der Waals surface area contributed by atoms with E-state index in [-0.39, 0.29) is 12.5 Å². The third-order valence-electron chi connectivity index (χ3n) is 2.53. The first-order valence-corrected chi connectivity index (χ1v) is 4.46. The molecule has 0 saturated carbocycles. The molecule has 0 unspecified atom stereocenters. The molecule has 1 N–H and O–H groups in total. The van der Waals surface area contributed by atoms with Crippen LogP contribution in [0.4, 0.5) is 0 Å². The van der Waals surface area contributed by atoms with Crippen LogP contribution in [0.25, 0.3) is 0 Å². The number of aromatic nitrogens is 1. The molecular formula is C10H13NO. The maximum Gasteiger partial charge on any atom is 0.0514 e. The van der Waals surface area contributed by atoms with Gasteiger partial charge in [-0.3, -0.25) is 4.98 Å². The van der Waals surface area contributed by atoms with Gasteiger partial charge >= 0.3 is 0 Å². The van der Waals surface area contributed by atoms with Crippen LogP contribution in [0.3, 0.4) is 0 Å². The van der Waals surface area contributed by atoms with Gasteiger partial charge in [0, 0.05) is 17.8 Å². The average Bonchev–Trinajstić information content (AvgIpc) is 2.17. The zero-order valence-corrected chi connectivity index (χ0v) is 7.03. The Hall–Kier alpha value is -0.890. The Morgan fingerprint density at radius 1 is 1.58 bits per heavy atom. The minimum Gasteiger partial charge on any atom is -0.396 e. The molecule has 2 rings (SSSR count). The summed E-state index contributed by atoms with van der Waals surface area (Å²) in [5, 5.41) is 9.10. The summed E-state index contributed by atoms with van der Waals surface area (Å²) in [6.45, 7) is 0.240. The third-order valence-corrected chi connectivity index (χ3v) is 2.53. The Morgan fingerprint density at radius 2 is 2.50 bits per heavy atom. The number of rotatable bonds is 1. The standard InChI is InChI=1S/C10H13NO/c12-7-9-4-1-3-8-5-2-6-11-10(8)9/h2,5-6,9,12H,1,3-4,7H2/t9-/m0/s1. The second-order valence-corrected chi connectivity index (χ2v) is 3.32. The van der Waals surface area contributed by atoms with Crippen LogP contribution in [-0.4, -0.2) is 16.7 Å². The lowest BCUT2D eigenvalue weighted by molar-refractivity contribution is 0.250. The number of fused-ring (bicyclic) bond motifs is 1. The van der Waals surface area contributed by atoms with E-state index in [0.29, 0.717) is 0 Å². The second-order valence-electron chi connectivity index (χ2n) is 3.32. The van der Waals surface area contributed by atoms with Gasteiger partial charge in [0.15, 0.2) is 0 Å². The zero-order valence-electron chi connectivity index (χ0n) is 7.03. The molecule has 64 valence electrons. The van der Waals surface area contributed by atoms with Crippen LogP contribution >= 0.6 is 0 Å². The highest BCUT2D eigenvalue weighted by Crippen LogP contribution is 2.28. The summed E-state index contributed by atoms with van der Waals surface area (Å²) in [4.78, 5) is 4.31. The van der Waals surface area contributed by atoms with E-state index in [2.05, 4.69) is 11.1 Å². The second kappa shape index (κ2) is 3.23. The van der Waals surface area contributed by atoms with E-state index in [9.17, 15) is 0 Å². The largest absolute Gasteiger partial charge is 0.396 e. The Bertz CT molecular complexity index is 272. The van der Waals surface area contributed by atoms with Crippen molar-refractivity contribution in [2.45, 2.75) is 25.2 Å². The molecule has 1 aromatic heterocycles. The van der Waals surface area contributed by atoms with Gasteiger partial charge in [0.2, 0.25) is 0 Å². The fourth-order valence-corrected chi connectivity index (χ4v) is 1.88. The molecule has 1 aliphatic rings. The highest BCUT2D eigenvalue weighted by Gasteiger charge is 2.19. The zero-order chi connectivity index (χ0) is 8.39. The van der Waals surface area contributed by atoms with Crippen molar-refractivity contribution in [2.75, 3.05) is 6.61 Å². The van der Waals surface area contributed by atoms with E-state index in [1.165, 1.54) is 12.0 Å². The minimum absolute atomic E-state index is 0.240. The fraction of sp³-hybridized carbons (Fsp3) is 0.500. The molecule has 1 aliphatic carbocycles. The number of aryl methyl sites for hydroxylation is 1. The Kier molecular flexibility index (Phi) is 2.09. The lowest BCUT2D eigenvalue weighted by Crippen LogP contribution is -2.14. The summed E-state index contributed by atoms with van der Waals surface area (Å²) >= 11 is 0. The maximum atomic E-state index is 9.10. The molecule has 2 heteroatoms. The first-order valence-electron chi connectivity index (χ1n) is 4.46. The minimum atomic E-state index is 0.240. The van der Waals surface area contributed by atoms with Gasteiger partial charge in [-0.25, -0.2) is 0 Å². The van der Waals surface area contributed by atoms with Gasteiger partial charge in [0.25, 0.3) is 0 Å². The monoisotopic (exact) mass is 163 g/mol. The van der Waals surface area contributed by atoms with Crippen molar-refractivity contribution < 1.29 is 5.11 Å². The van der Waals surface area contributed by atoms with Gasteiger partial charge in [-0.1, -0.05) is 6.07 Å². The molecule has 12 heavy (non-hydrogen) atoms. The summed E-state index contributed by atoms with van der Waals surface area (Å²) in [5.74, 6) is 0.287. The molecule has 0 fully saturated rings. The number of hydrogen-bond acceptors (Lipinski definition) is 2.